The van der Waals surface area contributed by atoms with Crippen LogP contribution in [0.5, 0.6) is 0 Å². The molecule has 0 aliphatic rings. The summed E-state index contributed by atoms with van der Waals surface area (Å²) in [4.78, 5) is 15.0. The minimum atomic E-state index is 0.638. The molecule has 8 rings (SSSR count). The maximum absolute atomic E-state index is 6.05. The lowest BCUT2D eigenvalue weighted by Crippen LogP contribution is -2.00. The number of aromatic nitrogens is 3. The van der Waals surface area contributed by atoms with E-state index in [1.54, 1.807) is 11.3 Å². The predicted octanol–water partition coefficient (Wildman–Crippen LogP) is 9.14. The van der Waals surface area contributed by atoms with Gasteiger partial charge in [-0.05, 0) is 36.4 Å². The van der Waals surface area contributed by atoms with Crippen LogP contribution < -0.4 is 0 Å². The highest BCUT2D eigenvalue weighted by Crippen LogP contribution is 2.40. The molecular weight excluding hydrogens is 486 g/mol. The van der Waals surface area contributed by atoms with E-state index in [1.165, 1.54) is 20.2 Å². The second-order valence-electron chi connectivity index (χ2n) is 9.26. The molecule has 0 saturated carbocycles. The normalized spacial score (nSPS) is 11.7. The van der Waals surface area contributed by atoms with Gasteiger partial charge in [-0.3, -0.25) is 0 Å². The van der Waals surface area contributed by atoms with Crippen LogP contribution in [0.3, 0.4) is 0 Å². The molecule has 3 aromatic heterocycles. The van der Waals surface area contributed by atoms with E-state index in [1.807, 2.05) is 60.7 Å². The van der Waals surface area contributed by atoms with Crippen LogP contribution in [0.15, 0.2) is 120 Å². The summed E-state index contributed by atoms with van der Waals surface area (Å²) in [6, 6.07) is 39.2. The third kappa shape index (κ3) is 3.33. The maximum Gasteiger partial charge on any atom is 0.165 e. The van der Waals surface area contributed by atoms with Crippen molar-refractivity contribution in [2.75, 3.05) is 0 Å². The van der Waals surface area contributed by atoms with E-state index in [-0.39, 0.29) is 0 Å². The summed E-state index contributed by atoms with van der Waals surface area (Å²) < 4.78 is 8.49. The molecule has 0 unspecified atom stereocenters. The van der Waals surface area contributed by atoms with E-state index in [0.717, 1.165) is 38.6 Å². The van der Waals surface area contributed by atoms with Crippen molar-refractivity contribution >= 4 is 53.4 Å². The third-order valence-electron chi connectivity index (χ3n) is 6.95. The average molecular weight is 506 g/mol. The van der Waals surface area contributed by atoms with Gasteiger partial charge in [-0.15, -0.1) is 11.3 Å². The molecule has 0 amide bonds. The Morgan fingerprint density at radius 1 is 0.474 bits per heavy atom. The van der Waals surface area contributed by atoms with Gasteiger partial charge in [-0.25, -0.2) is 15.0 Å². The summed E-state index contributed by atoms with van der Waals surface area (Å²) in [5.74, 6) is 1.96. The van der Waals surface area contributed by atoms with Crippen LogP contribution in [0.4, 0.5) is 0 Å². The Morgan fingerprint density at radius 2 is 1.16 bits per heavy atom. The number of thiophene rings is 1. The quantitative estimate of drug-likeness (QED) is 0.240. The number of hydrogen-bond acceptors (Lipinski definition) is 5. The maximum atomic E-state index is 6.05. The van der Waals surface area contributed by atoms with Gasteiger partial charge in [0, 0.05) is 47.6 Å². The van der Waals surface area contributed by atoms with E-state index < -0.39 is 0 Å². The Morgan fingerprint density at radius 3 is 2.05 bits per heavy atom. The van der Waals surface area contributed by atoms with Gasteiger partial charge in [-0.2, -0.15) is 0 Å². The summed E-state index contributed by atoms with van der Waals surface area (Å²) >= 11 is 1.78. The van der Waals surface area contributed by atoms with E-state index in [2.05, 4.69) is 54.6 Å². The Balaban J connectivity index is 1.39. The molecule has 0 aliphatic carbocycles. The molecule has 4 nitrogen and oxygen atoms in total. The van der Waals surface area contributed by atoms with Gasteiger partial charge in [-0.1, -0.05) is 78.9 Å². The molecule has 5 heteroatoms. The van der Waals surface area contributed by atoms with Crippen molar-refractivity contribution in [2.24, 2.45) is 0 Å². The van der Waals surface area contributed by atoms with Crippen molar-refractivity contribution in [3.8, 4) is 34.2 Å². The highest BCUT2D eigenvalue weighted by Gasteiger charge is 2.17. The van der Waals surface area contributed by atoms with Crippen molar-refractivity contribution in [3.63, 3.8) is 0 Å². The standard InChI is InChI=1S/C33H19N3OS/c1-2-9-20(10-3-1)31-34-32(21-17-18-28-26(19-21)22-11-4-6-15-27(22)37-28)36-33(35-31)25-14-8-13-24-23-12-5-7-16-29(23)38-30(24)25/h1-19H. The number of benzene rings is 5. The molecule has 0 bridgehead atoms. The first-order chi connectivity index (χ1) is 18.8. The van der Waals surface area contributed by atoms with E-state index in [9.17, 15) is 0 Å². The first-order valence-electron chi connectivity index (χ1n) is 12.5. The second kappa shape index (κ2) is 8.33. The van der Waals surface area contributed by atoms with Crippen LogP contribution in [0.25, 0.3) is 76.3 Å². The van der Waals surface area contributed by atoms with Crippen LogP contribution >= 0.6 is 11.3 Å². The van der Waals surface area contributed by atoms with Crippen molar-refractivity contribution in [2.45, 2.75) is 0 Å². The average Bonchev–Trinajstić information content (AvgIpc) is 3.55. The number of rotatable bonds is 3. The van der Waals surface area contributed by atoms with Gasteiger partial charge in [0.2, 0.25) is 0 Å². The van der Waals surface area contributed by atoms with Crippen LogP contribution in [0.1, 0.15) is 0 Å². The number of furan rings is 1. The van der Waals surface area contributed by atoms with Crippen molar-refractivity contribution in [1.29, 1.82) is 0 Å². The predicted molar refractivity (Wildman–Crippen MR) is 156 cm³/mol. The largest absolute Gasteiger partial charge is 0.456 e. The van der Waals surface area contributed by atoms with E-state index in [4.69, 9.17) is 19.4 Å². The molecule has 0 N–H and O–H groups in total. The molecule has 0 fully saturated rings. The van der Waals surface area contributed by atoms with E-state index >= 15 is 0 Å². The molecule has 38 heavy (non-hydrogen) atoms. The zero-order chi connectivity index (χ0) is 25.1. The monoisotopic (exact) mass is 505 g/mol. The summed E-state index contributed by atoms with van der Waals surface area (Å²) in [5, 5.41) is 4.60. The van der Waals surface area contributed by atoms with Gasteiger partial charge in [0.25, 0.3) is 0 Å². The zero-order valence-electron chi connectivity index (χ0n) is 20.1. The van der Waals surface area contributed by atoms with Crippen LogP contribution in [0, 0.1) is 0 Å². The fourth-order valence-electron chi connectivity index (χ4n) is 5.13. The molecular formula is C33H19N3OS. The van der Waals surface area contributed by atoms with Crippen molar-refractivity contribution in [3.05, 3.63) is 115 Å². The third-order valence-corrected chi connectivity index (χ3v) is 8.17. The molecule has 8 aromatic rings. The fourth-order valence-corrected chi connectivity index (χ4v) is 6.34. The first kappa shape index (κ1) is 21.2. The summed E-state index contributed by atoms with van der Waals surface area (Å²) in [7, 11) is 0. The van der Waals surface area contributed by atoms with Gasteiger partial charge < -0.3 is 4.42 Å². The van der Waals surface area contributed by atoms with Gasteiger partial charge in [0.05, 0.1) is 0 Å². The van der Waals surface area contributed by atoms with Crippen molar-refractivity contribution in [1.82, 2.24) is 15.0 Å². The van der Waals surface area contributed by atoms with Crippen LogP contribution in [-0.2, 0) is 0 Å². The lowest BCUT2D eigenvalue weighted by atomic mass is 10.1. The second-order valence-corrected chi connectivity index (χ2v) is 10.3. The summed E-state index contributed by atoms with van der Waals surface area (Å²) in [6.45, 7) is 0. The highest BCUT2D eigenvalue weighted by atomic mass is 32.1. The lowest BCUT2D eigenvalue weighted by molar-refractivity contribution is 0.669. The first-order valence-corrected chi connectivity index (χ1v) is 13.3. The zero-order valence-corrected chi connectivity index (χ0v) is 20.9. The SMILES string of the molecule is c1ccc(-c2nc(-c3ccc4oc5ccccc5c4c3)nc(-c3cccc4c3sc3ccccc34)n2)cc1. The topological polar surface area (TPSA) is 51.8 Å². The minimum absolute atomic E-state index is 0.638. The molecule has 0 radical (unpaired) electrons. The lowest BCUT2D eigenvalue weighted by Gasteiger charge is -2.09. The van der Waals surface area contributed by atoms with Gasteiger partial charge in [0.1, 0.15) is 11.2 Å². The number of fused-ring (bicyclic) bond motifs is 6. The van der Waals surface area contributed by atoms with Gasteiger partial charge in [0.15, 0.2) is 17.5 Å². The summed E-state index contributed by atoms with van der Waals surface area (Å²) in [5.41, 5.74) is 4.61. The molecule has 0 atom stereocenters. The van der Waals surface area contributed by atoms with Crippen LogP contribution in [0.2, 0.25) is 0 Å². The number of para-hydroxylation sites is 1. The Bertz CT molecular complexity index is 2140. The van der Waals surface area contributed by atoms with E-state index in [0.29, 0.717) is 17.5 Å². The van der Waals surface area contributed by atoms with Crippen molar-refractivity contribution < 1.29 is 4.42 Å². The Kier molecular flexibility index (Phi) is 4.66. The molecule has 0 saturated heterocycles. The minimum Gasteiger partial charge on any atom is -0.456 e. The van der Waals surface area contributed by atoms with Crippen LogP contribution in [-0.4, -0.2) is 15.0 Å². The fraction of sp³-hybridized carbons (Fsp3) is 0. The Labute approximate surface area is 221 Å². The molecule has 0 aliphatic heterocycles. The highest BCUT2D eigenvalue weighted by molar-refractivity contribution is 7.26. The molecule has 178 valence electrons. The smallest absolute Gasteiger partial charge is 0.165 e. The molecule has 5 aromatic carbocycles. The molecule has 0 spiro atoms. The summed E-state index contributed by atoms with van der Waals surface area (Å²) in [6.07, 6.45) is 0. The number of nitrogens with zero attached hydrogens (tertiary/aromatic N) is 3. The Hall–Kier alpha value is -4.87. The molecule has 3 heterocycles. The number of hydrogen-bond donors (Lipinski definition) is 0. The van der Waals surface area contributed by atoms with Gasteiger partial charge >= 0.3 is 0 Å².